The highest BCUT2D eigenvalue weighted by atomic mass is 16.5. The van der Waals surface area contributed by atoms with Gasteiger partial charge in [-0.3, -0.25) is 29.4 Å². The Morgan fingerprint density at radius 3 is 2.27 bits per heavy atom. The van der Waals surface area contributed by atoms with E-state index < -0.39 is 29.7 Å². The fraction of sp³-hybridized carbons (Fsp3) is 0.256. The number of amides is 4. The van der Waals surface area contributed by atoms with Gasteiger partial charge in [0.2, 0.25) is 11.8 Å². The molecule has 2 aromatic heterocycles. The number of nitrogens with one attached hydrogen (secondary N) is 2. The lowest BCUT2D eigenvalue weighted by molar-refractivity contribution is -0.136. The molecular weight excluding hydrogens is 662 g/mol. The number of benzene rings is 3. The van der Waals surface area contributed by atoms with Gasteiger partial charge in [0.15, 0.2) is 0 Å². The van der Waals surface area contributed by atoms with Crippen molar-refractivity contribution in [1.29, 1.82) is 0 Å². The Morgan fingerprint density at radius 2 is 1.58 bits per heavy atom. The number of hydrogen-bond donors (Lipinski definition) is 2. The van der Waals surface area contributed by atoms with Crippen LogP contribution in [-0.2, 0) is 21.6 Å². The molecule has 1 saturated heterocycles. The molecule has 4 heterocycles. The van der Waals surface area contributed by atoms with Gasteiger partial charge in [0.1, 0.15) is 24.1 Å². The van der Waals surface area contributed by atoms with Crippen LogP contribution < -0.4 is 20.1 Å². The van der Waals surface area contributed by atoms with Crippen molar-refractivity contribution in [3.8, 4) is 17.4 Å². The first kappa shape index (κ1) is 34.1. The van der Waals surface area contributed by atoms with E-state index in [-0.39, 0.29) is 29.4 Å². The number of aromatic nitrogens is 4. The molecule has 264 valence electrons. The molecular formula is C39H37N7O6. The lowest BCUT2D eigenvalue weighted by Crippen LogP contribution is -2.54. The molecule has 1 fully saturated rings. The molecule has 0 radical (unpaired) electrons. The number of anilines is 1. The molecule has 7 rings (SSSR count). The molecule has 2 N–H and O–H groups in total. The maximum absolute atomic E-state index is 13.1. The molecule has 1 atom stereocenters. The summed E-state index contributed by atoms with van der Waals surface area (Å²) < 4.78 is 13.6. The average Bonchev–Trinajstić information content (AvgIpc) is 3.78. The van der Waals surface area contributed by atoms with Gasteiger partial charge in [-0.15, -0.1) is 0 Å². The zero-order chi connectivity index (χ0) is 36.2. The van der Waals surface area contributed by atoms with E-state index in [2.05, 4.69) is 63.8 Å². The van der Waals surface area contributed by atoms with Crippen LogP contribution in [-0.4, -0.2) is 67.5 Å². The summed E-state index contributed by atoms with van der Waals surface area (Å²) in [6.07, 6.45) is 6.05. The van der Waals surface area contributed by atoms with Gasteiger partial charge in [-0.05, 0) is 78.6 Å². The van der Waals surface area contributed by atoms with E-state index in [1.807, 2.05) is 36.4 Å². The highest BCUT2D eigenvalue weighted by molar-refractivity contribution is 6.23. The molecule has 13 heteroatoms. The van der Waals surface area contributed by atoms with Crippen molar-refractivity contribution in [1.82, 2.24) is 30.0 Å². The summed E-state index contributed by atoms with van der Waals surface area (Å²) in [6, 6.07) is 23.8. The summed E-state index contributed by atoms with van der Waals surface area (Å²) in [6.45, 7) is 5.71. The van der Waals surface area contributed by atoms with E-state index in [4.69, 9.17) is 9.47 Å². The second-order valence-corrected chi connectivity index (χ2v) is 13.1. The zero-order valence-corrected chi connectivity index (χ0v) is 28.7. The van der Waals surface area contributed by atoms with Crippen molar-refractivity contribution in [3.63, 3.8) is 0 Å². The van der Waals surface area contributed by atoms with Crippen LogP contribution in [0.5, 0.6) is 11.5 Å². The van der Waals surface area contributed by atoms with Crippen LogP contribution in [0.1, 0.15) is 70.6 Å². The van der Waals surface area contributed by atoms with E-state index in [1.165, 1.54) is 0 Å². The molecule has 13 nitrogen and oxygen atoms in total. The minimum Gasteiger partial charge on any atom is -0.494 e. The Hall–Kier alpha value is -6.37. The van der Waals surface area contributed by atoms with E-state index in [0.717, 1.165) is 33.2 Å². The third-order valence-corrected chi connectivity index (χ3v) is 9.31. The summed E-state index contributed by atoms with van der Waals surface area (Å²) >= 11 is 0. The monoisotopic (exact) mass is 699 g/mol. The Balaban J connectivity index is 0.871. The SMILES string of the molecule is CC(C)(c1ccc(OCCCNc2ccc3c(c2)C(=O)N(C2CCC(=O)NC2=O)C3=O)cc1)c1ccc(OCc2ccnc(-n3cccn3)n2)cc1. The molecule has 2 aliphatic rings. The summed E-state index contributed by atoms with van der Waals surface area (Å²) in [7, 11) is 0. The quantitative estimate of drug-likeness (QED) is 0.129. The Kier molecular flexibility index (Phi) is 9.49. The molecule has 0 spiro atoms. The Labute approximate surface area is 300 Å². The van der Waals surface area contributed by atoms with Crippen LogP contribution >= 0.6 is 0 Å². The zero-order valence-electron chi connectivity index (χ0n) is 28.7. The summed E-state index contributed by atoms with van der Waals surface area (Å²) in [5, 5.41) is 9.66. The van der Waals surface area contributed by atoms with Crippen LogP contribution in [0.3, 0.4) is 0 Å². The van der Waals surface area contributed by atoms with Gasteiger partial charge in [-0.1, -0.05) is 38.1 Å². The fourth-order valence-corrected chi connectivity index (χ4v) is 6.30. The highest BCUT2D eigenvalue weighted by Gasteiger charge is 2.44. The van der Waals surface area contributed by atoms with Crippen molar-refractivity contribution in [2.45, 2.75) is 51.2 Å². The number of fused-ring (bicyclic) bond motifs is 1. The number of hydrogen-bond acceptors (Lipinski definition) is 10. The predicted octanol–water partition coefficient (Wildman–Crippen LogP) is 4.85. The first-order chi connectivity index (χ1) is 25.2. The highest BCUT2D eigenvalue weighted by Crippen LogP contribution is 2.34. The van der Waals surface area contributed by atoms with Gasteiger partial charge in [-0.2, -0.15) is 5.10 Å². The summed E-state index contributed by atoms with van der Waals surface area (Å²) in [5.41, 5.74) is 3.95. The standard InChI is InChI=1S/C39H37N7O6/c1-39(2,26-7-12-30(13-8-26)52-24-28-17-20-41-38(43-28)45-21-3-19-42-45)25-5-10-29(11-6-25)51-22-4-18-40-27-9-14-31-32(23-27)37(50)46(36(31)49)33-15-16-34(47)44-35(33)48/h3,5-14,17,19-21,23,33,40H,4,15-16,18,22,24H2,1-2H3,(H,44,47,48). The maximum atomic E-state index is 13.1. The lowest BCUT2D eigenvalue weighted by Gasteiger charge is -2.27. The third-order valence-electron chi connectivity index (χ3n) is 9.31. The van der Waals surface area contributed by atoms with Crippen molar-refractivity contribution in [2.75, 3.05) is 18.5 Å². The van der Waals surface area contributed by atoms with Gasteiger partial charge >= 0.3 is 0 Å². The predicted molar refractivity (Wildman–Crippen MR) is 190 cm³/mol. The Morgan fingerprint density at radius 1 is 0.865 bits per heavy atom. The summed E-state index contributed by atoms with van der Waals surface area (Å²) in [4.78, 5) is 59.6. The van der Waals surface area contributed by atoms with E-state index in [0.29, 0.717) is 37.8 Å². The van der Waals surface area contributed by atoms with Crippen molar-refractivity contribution in [2.24, 2.45) is 0 Å². The summed E-state index contributed by atoms with van der Waals surface area (Å²) in [5.74, 6) is -0.0919. The topological polar surface area (TPSA) is 158 Å². The van der Waals surface area contributed by atoms with Gasteiger partial charge < -0.3 is 14.8 Å². The van der Waals surface area contributed by atoms with Crippen LogP contribution in [0.2, 0.25) is 0 Å². The number of rotatable bonds is 13. The van der Waals surface area contributed by atoms with Crippen molar-refractivity contribution in [3.05, 3.63) is 125 Å². The normalized spacial score (nSPS) is 15.7. The molecule has 0 aliphatic carbocycles. The van der Waals surface area contributed by atoms with Crippen LogP contribution in [0, 0.1) is 0 Å². The van der Waals surface area contributed by atoms with Crippen molar-refractivity contribution < 1.29 is 28.7 Å². The van der Waals surface area contributed by atoms with Gasteiger partial charge in [0.05, 0.1) is 23.4 Å². The fourth-order valence-electron chi connectivity index (χ4n) is 6.30. The molecule has 0 saturated carbocycles. The molecule has 5 aromatic rings. The molecule has 2 aliphatic heterocycles. The number of carbonyl (C=O) groups is 4. The van der Waals surface area contributed by atoms with Crippen LogP contribution in [0.25, 0.3) is 5.95 Å². The smallest absolute Gasteiger partial charge is 0.262 e. The largest absolute Gasteiger partial charge is 0.494 e. The van der Waals surface area contributed by atoms with E-state index >= 15 is 0 Å². The molecule has 52 heavy (non-hydrogen) atoms. The van der Waals surface area contributed by atoms with Crippen LogP contribution in [0.15, 0.2) is 97.5 Å². The minimum absolute atomic E-state index is 0.0785. The van der Waals surface area contributed by atoms with E-state index in [9.17, 15) is 19.2 Å². The van der Waals surface area contributed by atoms with Gasteiger partial charge in [0, 0.05) is 42.7 Å². The number of piperidine rings is 1. The first-order valence-electron chi connectivity index (χ1n) is 17.1. The van der Waals surface area contributed by atoms with Crippen molar-refractivity contribution >= 4 is 29.3 Å². The molecule has 0 bridgehead atoms. The van der Waals surface area contributed by atoms with Gasteiger partial charge in [0.25, 0.3) is 17.8 Å². The second kappa shape index (κ2) is 14.5. The van der Waals surface area contributed by atoms with Crippen LogP contribution in [0.4, 0.5) is 5.69 Å². The lowest BCUT2D eigenvalue weighted by atomic mass is 9.78. The number of nitrogens with zero attached hydrogens (tertiary/aromatic N) is 5. The number of carbonyl (C=O) groups excluding carboxylic acids is 4. The minimum atomic E-state index is -0.989. The second-order valence-electron chi connectivity index (χ2n) is 13.1. The molecule has 4 amide bonds. The molecule has 3 aromatic carbocycles. The number of imide groups is 2. The third kappa shape index (κ3) is 7.11. The number of ether oxygens (including phenoxy) is 2. The van der Waals surface area contributed by atoms with E-state index in [1.54, 1.807) is 41.5 Å². The Bertz CT molecular complexity index is 2110. The van der Waals surface area contributed by atoms with Gasteiger partial charge in [-0.25, -0.2) is 14.6 Å². The first-order valence-corrected chi connectivity index (χ1v) is 17.1. The molecule has 1 unspecified atom stereocenters. The average molecular weight is 700 g/mol. The maximum Gasteiger partial charge on any atom is 0.262 e.